The summed E-state index contributed by atoms with van der Waals surface area (Å²) >= 11 is 0. The summed E-state index contributed by atoms with van der Waals surface area (Å²) < 4.78 is 0. The Bertz CT molecular complexity index is 776. The van der Waals surface area contributed by atoms with Crippen LogP contribution in [0, 0.1) is 0 Å². The maximum atomic E-state index is 10.9. The average molecular weight is 306 g/mol. The van der Waals surface area contributed by atoms with Gasteiger partial charge in [-0.05, 0) is 6.07 Å². The number of nitrogens with zero attached hydrogens (tertiary/aromatic N) is 1. The van der Waals surface area contributed by atoms with E-state index in [1.807, 2.05) is 10.6 Å². The van der Waals surface area contributed by atoms with Crippen LogP contribution in [0.5, 0.6) is 0 Å². The number of anilines is 3. The SMILES string of the molecule is O=C(O)Nc1nc2ccccc2c(NC(=O)O)c1NC(=O)O. The zero-order valence-corrected chi connectivity index (χ0v) is 10.8. The van der Waals surface area contributed by atoms with Crippen LogP contribution < -0.4 is 16.0 Å². The molecule has 0 aliphatic carbocycles. The van der Waals surface area contributed by atoms with Crippen molar-refractivity contribution in [2.75, 3.05) is 16.0 Å². The Kier molecular flexibility index (Phi) is 3.93. The minimum Gasteiger partial charge on any atom is -0.465 e. The number of rotatable bonds is 3. The molecule has 0 unspecified atom stereocenters. The fourth-order valence-corrected chi connectivity index (χ4v) is 1.87. The maximum absolute atomic E-state index is 10.9. The number of carboxylic acid groups (broad SMARTS) is 3. The van der Waals surface area contributed by atoms with Crippen LogP contribution in [0.3, 0.4) is 0 Å². The van der Waals surface area contributed by atoms with E-state index in [0.29, 0.717) is 5.39 Å². The maximum Gasteiger partial charge on any atom is 0.410 e. The smallest absolute Gasteiger partial charge is 0.410 e. The Hall–Kier alpha value is -3.56. The molecule has 0 fully saturated rings. The van der Waals surface area contributed by atoms with Crippen molar-refractivity contribution in [3.8, 4) is 0 Å². The highest BCUT2D eigenvalue weighted by atomic mass is 16.4. The van der Waals surface area contributed by atoms with E-state index in [2.05, 4.69) is 10.3 Å². The van der Waals surface area contributed by atoms with E-state index in [-0.39, 0.29) is 22.7 Å². The number of hydrogen-bond donors (Lipinski definition) is 6. The van der Waals surface area contributed by atoms with Crippen molar-refractivity contribution in [1.82, 2.24) is 4.98 Å². The van der Waals surface area contributed by atoms with E-state index in [0.717, 1.165) is 0 Å². The second-order valence-corrected chi connectivity index (χ2v) is 4.02. The highest BCUT2D eigenvalue weighted by Gasteiger charge is 2.19. The third-order valence-corrected chi connectivity index (χ3v) is 2.58. The van der Waals surface area contributed by atoms with Gasteiger partial charge in [-0.3, -0.25) is 16.0 Å². The molecular weight excluding hydrogens is 296 g/mol. The molecular formula is C12H10N4O6. The lowest BCUT2D eigenvalue weighted by molar-refractivity contribution is 0.207. The first-order valence-electron chi connectivity index (χ1n) is 5.81. The molecule has 0 spiro atoms. The Morgan fingerprint density at radius 2 is 1.36 bits per heavy atom. The number of nitrogens with one attached hydrogen (secondary N) is 3. The number of fused-ring (bicyclic) bond motifs is 1. The van der Waals surface area contributed by atoms with Crippen molar-refractivity contribution < 1.29 is 29.7 Å². The predicted octanol–water partition coefficient (Wildman–Crippen LogP) is 2.50. The lowest BCUT2D eigenvalue weighted by atomic mass is 10.1. The average Bonchev–Trinajstić information content (AvgIpc) is 2.41. The van der Waals surface area contributed by atoms with Crippen LogP contribution in [0.2, 0.25) is 0 Å². The fourth-order valence-electron chi connectivity index (χ4n) is 1.87. The topological polar surface area (TPSA) is 161 Å². The van der Waals surface area contributed by atoms with E-state index in [1.165, 1.54) is 12.1 Å². The molecule has 0 radical (unpaired) electrons. The number of pyridine rings is 1. The van der Waals surface area contributed by atoms with E-state index in [1.54, 1.807) is 12.1 Å². The van der Waals surface area contributed by atoms with Gasteiger partial charge in [-0.1, -0.05) is 18.2 Å². The Balaban J connectivity index is 2.76. The molecule has 3 amide bonds. The molecule has 0 atom stereocenters. The molecule has 0 bridgehead atoms. The van der Waals surface area contributed by atoms with Gasteiger partial charge in [-0.15, -0.1) is 0 Å². The summed E-state index contributed by atoms with van der Waals surface area (Å²) in [5.41, 5.74) is -0.147. The van der Waals surface area contributed by atoms with Crippen molar-refractivity contribution in [3.05, 3.63) is 24.3 Å². The Morgan fingerprint density at radius 3 is 1.95 bits per heavy atom. The normalized spacial score (nSPS) is 10.0. The van der Waals surface area contributed by atoms with Gasteiger partial charge in [0.05, 0.1) is 11.2 Å². The molecule has 1 aromatic carbocycles. The summed E-state index contributed by atoms with van der Waals surface area (Å²) in [6.45, 7) is 0. The first kappa shape index (κ1) is 14.8. The molecule has 114 valence electrons. The molecule has 2 aromatic rings. The standard InChI is InChI=1S/C12H10N4O6/c17-10(18)14-7-5-3-1-2-4-6(5)13-9(16-12(21)22)8(7)15-11(19)20/h1-4,15H,(H,17,18)(H,19,20)(H,21,22)(H2,13,14,16). The highest BCUT2D eigenvalue weighted by molar-refractivity contribution is 6.11. The summed E-state index contributed by atoms with van der Waals surface area (Å²) in [6, 6.07) is 6.27. The van der Waals surface area contributed by atoms with Crippen molar-refractivity contribution in [2.45, 2.75) is 0 Å². The van der Waals surface area contributed by atoms with Crippen molar-refractivity contribution >= 4 is 46.4 Å². The molecule has 6 N–H and O–H groups in total. The molecule has 0 saturated carbocycles. The van der Waals surface area contributed by atoms with Crippen LogP contribution in [-0.4, -0.2) is 38.6 Å². The number of amides is 3. The number of benzene rings is 1. The monoisotopic (exact) mass is 306 g/mol. The van der Waals surface area contributed by atoms with Crippen LogP contribution in [0.1, 0.15) is 0 Å². The van der Waals surface area contributed by atoms with Gasteiger partial charge in [0.25, 0.3) is 0 Å². The van der Waals surface area contributed by atoms with Gasteiger partial charge in [0, 0.05) is 5.39 Å². The molecule has 22 heavy (non-hydrogen) atoms. The molecule has 10 nitrogen and oxygen atoms in total. The zero-order valence-electron chi connectivity index (χ0n) is 10.8. The van der Waals surface area contributed by atoms with Crippen molar-refractivity contribution in [2.24, 2.45) is 0 Å². The predicted molar refractivity (Wildman–Crippen MR) is 76.7 cm³/mol. The molecule has 1 heterocycles. The van der Waals surface area contributed by atoms with Gasteiger partial charge in [-0.25, -0.2) is 19.4 Å². The minimum atomic E-state index is -1.50. The van der Waals surface area contributed by atoms with Gasteiger partial charge in [-0.2, -0.15) is 0 Å². The summed E-state index contributed by atoms with van der Waals surface area (Å²) in [4.78, 5) is 36.6. The lowest BCUT2D eigenvalue weighted by Crippen LogP contribution is -2.18. The third kappa shape index (κ3) is 3.12. The second-order valence-electron chi connectivity index (χ2n) is 4.02. The van der Waals surface area contributed by atoms with Gasteiger partial charge in [0.15, 0.2) is 5.82 Å². The van der Waals surface area contributed by atoms with Gasteiger partial charge in [0.2, 0.25) is 0 Å². The summed E-state index contributed by atoms with van der Waals surface area (Å²) in [5, 5.41) is 32.8. The summed E-state index contributed by atoms with van der Waals surface area (Å²) in [6.07, 6.45) is -4.41. The van der Waals surface area contributed by atoms with E-state index in [4.69, 9.17) is 15.3 Å². The third-order valence-electron chi connectivity index (χ3n) is 2.58. The van der Waals surface area contributed by atoms with Crippen LogP contribution in [0.25, 0.3) is 10.9 Å². The number of carbonyl (C=O) groups is 3. The van der Waals surface area contributed by atoms with Crippen LogP contribution >= 0.6 is 0 Å². The fraction of sp³-hybridized carbons (Fsp3) is 0. The molecule has 0 aliphatic rings. The highest BCUT2D eigenvalue weighted by Crippen LogP contribution is 2.36. The minimum absolute atomic E-state index is 0.121. The second kappa shape index (κ2) is 5.83. The number of aromatic nitrogens is 1. The van der Waals surface area contributed by atoms with E-state index < -0.39 is 18.3 Å². The number of hydrogen-bond acceptors (Lipinski definition) is 4. The zero-order chi connectivity index (χ0) is 16.3. The molecule has 0 aliphatic heterocycles. The largest absolute Gasteiger partial charge is 0.465 e. The van der Waals surface area contributed by atoms with Crippen LogP contribution in [0.4, 0.5) is 31.6 Å². The molecule has 1 aromatic heterocycles. The lowest BCUT2D eigenvalue weighted by Gasteiger charge is -2.15. The van der Waals surface area contributed by atoms with Gasteiger partial charge >= 0.3 is 18.3 Å². The van der Waals surface area contributed by atoms with Gasteiger partial charge in [0.1, 0.15) is 5.69 Å². The summed E-state index contributed by atoms with van der Waals surface area (Å²) in [5.74, 6) is -0.336. The first-order chi connectivity index (χ1) is 10.4. The van der Waals surface area contributed by atoms with E-state index in [9.17, 15) is 14.4 Å². The van der Waals surface area contributed by atoms with Crippen molar-refractivity contribution in [1.29, 1.82) is 0 Å². The molecule has 0 saturated heterocycles. The van der Waals surface area contributed by atoms with Crippen LogP contribution in [-0.2, 0) is 0 Å². The Labute approximate surface area is 122 Å². The number of para-hydroxylation sites is 1. The quantitative estimate of drug-likeness (QED) is 0.507. The molecule has 10 heteroatoms. The van der Waals surface area contributed by atoms with Gasteiger partial charge < -0.3 is 15.3 Å². The van der Waals surface area contributed by atoms with Crippen molar-refractivity contribution in [3.63, 3.8) is 0 Å². The van der Waals surface area contributed by atoms with E-state index >= 15 is 0 Å². The molecule has 2 rings (SSSR count). The Morgan fingerprint density at radius 1 is 0.818 bits per heavy atom. The summed E-state index contributed by atoms with van der Waals surface area (Å²) in [7, 11) is 0. The first-order valence-corrected chi connectivity index (χ1v) is 5.81. The van der Waals surface area contributed by atoms with Crippen LogP contribution in [0.15, 0.2) is 24.3 Å².